The molecule has 0 spiro atoms. The molecule has 3 rings (SSSR count). The number of amides is 2. The summed E-state index contributed by atoms with van der Waals surface area (Å²) in [6, 6.07) is 14.5. The Labute approximate surface area is 176 Å². The van der Waals surface area contributed by atoms with Crippen LogP contribution in [0.1, 0.15) is 17.5 Å². The summed E-state index contributed by atoms with van der Waals surface area (Å²) in [5.74, 6) is 0. The highest BCUT2D eigenvalue weighted by Gasteiger charge is 2.16. The maximum absolute atomic E-state index is 12.1. The van der Waals surface area contributed by atoms with Crippen LogP contribution in [-0.2, 0) is 0 Å². The van der Waals surface area contributed by atoms with Gasteiger partial charge in [-0.1, -0.05) is 28.1 Å². The highest BCUT2D eigenvalue weighted by atomic mass is 79.9. The van der Waals surface area contributed by atoms with Crippen LogP contribution in [0.5, 0.6) is 0 Å². The van der Waals surface area contributed by atoms with E-state index in [1.807, 2.05) is 26.0 Å². The smallest absolute Gasteiger partial charge is 0.319 e. The van der Waals surface area contributed by atoms with Gasteiger partial charge in [-0.05, 0) is 68.3 Å². The van der Waals surface area contributed by atoms with Crippen LogP contribution in [0, 0.1) is 13.8 Å². The number of nitrogens with one attached hydrogen (secondary N) is 2. The fraction of sp³-hybridized carbons (Fsp3) is 0.409. The van der Waals surface area contributed by atoms with Gasteiger partial charge >= 0.3 is 6.03 Å². The summed E-state index contributed by atoms with van der Waals surface area (Å²) >= 11 is 3.49. The van der Waals surface area contributed by atoms with E-state index in [1.165, 1.54) is 5.69 Å². The molecule has 2 N–H and O–H groups in total. The van der Waals surface area contributed by atoms with E-state index < -0.39 is 0 Å². The fourth-order valence-corrected chi connectivity index (χ4v) is 3.69. The second-order valence-corrected chi connectivity index (χ2v) is 8.27. The van der Waals surface area contributed by atoms with E-state index in [9.17, 15) is 4.79 Å². The molecule has 150 valence electrons. The van der Waals surface area contributed by atoms with Crippen molar-refractivity contribution < 1.29 is 4.79 Å². The molecule has 0 saturated carbocycles. The van der Waals surface area contributed by atoms with Gasteiger partial charge in [-0.15, -0.1) is 0 Å². The van der Waals surface area contributed by atoms with Crippen LogP contribution >= 0.6 is 15.9 Å². The van der Waals surface area contributed by atoms with Crippen molar-refractivity contribution in [1.29, 1.82) is 0 Å². The number of carbonyl (C=O) groups excluding carboxylic acids is 1. The molecule has 1 heterocycles. The molecule has 2 aromatic rings. The van der Waals surface area contributed by atoms with Gasteiger partial charge in [0.05, 0.1) is 0 Å². The SMILES string of the molecule is Cc1ccc(C)c(NC(=O)NCCCN2CCN(c3ccc(Br)cc3)CC2)c1. The highest BCUT2D eigenvalue weighted by molar-refractivity contribution is 9.10. The molecule has 0 aromatic heterocycles. The fourth-order valence-electron chi connectivity index (χ4n) is 3.42. The lowest BCUT2D eigenvalue weighted by atomic mass is 10.1. The number of rotatable bonds is 6. The van der Waals surface area contributed by atoms with Crippen LogP contribution in [0.3, 0.4) is 0 Å². The number of urea groups is 1. The average molecular weight is 445 g/mol. The number of aryl methyl sites for hydroxylation is 2. The number of hydrogen-bond acceptors (Lipinski definition) is 3. The van der Waals surface area contributed by atoms with Gasteiger partial charge in [-0.25, -0.2) is 4.79 Å². The monoisotopic (exact) mass is 444 g/mol. The second kappa shape index (κ2) is 9.94. The predicted molar refractivity (Wildman–Crippen MR) is 120 cm³/mol. The second-order valence-electron chi connectivity index (χ2n) is 7.36. The van der Waals surface area contributed by atoms with Crippen LogP contribution in [0.4, 0.5) is 16.2 Å². The van der Waals surface area contributed by atoms with Crippen molar-refractivity contribution in [1.82, 2.24) is 10.2 Å². The summed E-state index contributed by atoms with van der Waals surface area (Å²) in [6.07, 6.45) is 0.957. The molecule has 1 fully saturated rings. The topological polar surface area (TPSA) is 47.6 Å². The van der Waals surface area contributed by atoms with Gasteiger partial charge in [0, 0.05) is 48.6 Å². The van der Waals surface area contributed by atoms with E-state index in [2.05, 4.69) is 66.7 Å². The summed E-state index contributed by atoms with van der Waals surface area (Å²) in [5, 5.41) is 5.91. The first-order valence-corrected chi connectivity index (χ1v) is 10.7. The van der Waals surface area contributed by atoms with Crippen molar-refractivity contribution in [3.63, 3.8) is 0 Å². The van der Waals surface area contributed by atoms with Crippen molar-refractivity contribution in [2.24, 2.45) is 0 Å². The predicted octanol–water partition coefficient (Wildman–Crippen LogP) is 4.40. The number of halogens is 1. The maximum Gasteiger partial charge on any atom is 0.319 e. The van der Waals surface area contributed by atoms with Crippen molar-refractivity contribution in [2.75, 3.05) is 49.5 Å². The third-order valence-corrected chi connectivity index (χ3v) is 5.67. The third-order valence-electron chi connectivity index (χ3n) is 5.14. The molecule has 2 amide bonds. The molecule has 0 atom stereocenters. The lowest BCUT2D eigenvalue weighted by molar-refractivity contribution is 0.244. The van der Waals surface area contributed by atoms with Gasteiger partial charge in [-0.3, -0.25) is 4.90 Å². The van der Waals surface area contributed by atoms with Gasteiger partial charge in [-0.2, -0.15) is 0 Å². The Bertz CT molecular complexity index is 786. The summed E-state index contributed by atoms with van der Waals surface area (Å²) < 4.78 is 1.11. The van der Waals surface area contributed by atoms with Crippen LogP contribution in [0.15, 0.2) is 46.9 Å². The summed E-state index contributed by atoms with van der Waals surface area (Å²) in [4.78, 5) is 17.0. The Morgan fingerprint density at radius 2 is 1.75 bits per heavy atom. The molecule has 0 unspecified atom stereocenters. The van der Waals surface area contributed by atoms with Crippen LogP contribution in [0.25, 0.3) is 0 Å². The normalized spacial score (nSPS) is 14.8. The number of carbonyl (C=O) groups is 1. The number of piperazine rings is 1. The van der Waals surface area contributed by atoms with E-state index in [-0.39, 0.29) is 6.03 Å². The first-order valence-electron chi connectivity index (χ1n) is 9.86. The largest absolute Gasteiger partial charge is 0.369 e. The van der Waals surface area contributed by atoms with E-state index in [0.717, 1.165) is 60.4 Å². The van der Waals surface area contributed by atoms with Crippen molar-refractivity contribution in [3.8, 4) is 0 Å². The van der Waals surface area contributed by atoms with Gasteiger partial charge < -0.3 is 15.5 Å². The molecule has 0 bridgehead atoms. The number of hydrogen-bond donors (Lipinski definition) is 2. The van der Waals surface area contributed by atoms with Crippen LogP contribution in [-0.4, -0.2) is 50.2 Å². The molecular weight excluding hydrogens is 416 g/mol. The zero-order chi connectivity index (χ0) is 19.9. The summed E-state index contributed by atoms with van der Waals surface area (Å²) in [6.45, 7) is 9.93. The minimum Gasteiger partial charge on any atom is -0.369 e. The lowest BCUT2D eigenvalue weighted by Crippen LogP contribution is -2.47. The van der Waals surface area contributed by atoms with Crippen molar-refractivity contribution in [3.05, 3.63) is 58.1 Å². The quantitative estimate of drug-likeness (QED) is 0.648. The molecule has 28 heavy (non-hydrogen) atoms. The standard InChI is InChI=1S/C22H29BrN4O/c1-17-4-5-18(2)21(16-17)25-22(28)24-10-3-11-26-12-14-27(15-13-26)20-8-6-19(23)7-9-20/h4-9,16H,3,10-15H2,1-2H3,(H2,24,25,28). The zero-order valence-electron chi connectivity index (χ0n) is 16.7. The molecule has 1 aliphatic heterocycles. The van der Waals surface area contributed by atoms with Gasteiger partial charge in [0.15, 0.2) is 0 Å². The number of benzene rings is 2. The van der Waals surface area contributed by atoms with E-state index >= 15 is 0 Å². The van der Waals surface area contributed by atoms with Gasteiger partial charge in [0.25, 0.3) is 0 Å². The molecule has 0 radical (unpaired) electrons. The maximum atomic E-state index is 12.1. The first kappa shape index (κ1) is 20.7. The third kappa shape index (κ3) is 5.97. The number of anilines is 2. The lowest BCUT2D eigenvalue weighted by Gasteiger charge is -2.36. The molecule has 0 aliphatic carbocycles. The van der Waals surface area contributed by atoms with E-state index in [0.29, 0.717) is 6.54 Å². The highest BCUT2D eigenvalue weighted by Crippen LogP contribution is 2.20. The Morgan fingerprint density at radius 1 is 1.04 bits per heavy atom. The Kier molecular flexibility index (Phi) is 7.34. The number of nitrogens with zero attached hydrogens (tertiary/aromatic N) is 2. The van der Waals surface area contributed by atoms with Gasteiger partial charge in [0.2, 0.25) is 0 Å². The van der Waals surface area contributed by atoms with Crippen molar-refractivity contribution >= 4 is 33.3 Å². The summed E-state index contributed by atoms with van der Waals surface area (Å²) in [7, 11) is 0. The molecule has 2 aromatic carbocycles. The first-order chi connectivity index (χ1) is 13.5. The van der Waals surface area contributed by atoms with E-state index in [4.69, 9.17) is 0 Å². The zero-order valence-corrected chi connectivity index (χ0v) is 18.3. The van der Waals surface area contributed by atoms with Crippen LogP contribution in [0.2, 0.25) is 0 Å². The van der Waals surface area contributed by atoms with Gasteiger partial charge in [0.1, 0.15) is 0 Å². The molecular formula is C22H29BrN4O. The molecule has 1 saturated heterocycles. The van der Waals surface area contributed by atoms with Crippen molar-refractivity contribution in [2.45, 2.75) is 20.3 Å². The Morgan fingerprint density at radius 3 is 2.46 bits per heavy atom. The molecule has 1 aliphatic rings. The average Bonchev–Trinajstić information content (AvgIpc) is 2.69. The minimum atomic E-state index is -0.131. The van der Waals surface area contributed by atoms with E-state index in [1.54, 1.807) is 0 Å². The summed E-state index contributed by atoms with van der Waals surface area (Å²) in [5.41, 5.74) is 4.38. The Balaban J connectivity index is 1.33. The van der Waals surface area contributed by atoms with Crippen LogP contribution < -0.4 is 15.5 Å². The molecule has 5 nitrogen and oxygen atoms in total. The Hall–Kier alpha value is -2.05. The minimum absolute atomic E-state index is 0.131. The molecule has 6 heteroatoms.